The Hall–Kier alpha value is -3.66. The Morgan fingerprint density at radius 3 is 1.64 bits per heavy atom. The maximum Gasteiger partial charge on any atom is 0.326 e. The molecule has 0 heterocycles. The number of carboxylic acid groups (broad SMARTS) is 1. The highest BCUT2D eigenvalue weighted by atomic mass is 16.4. The maximum atomic E-state index is 13.2. The molecule has 0 aliphatic carbocycles. The molecule has 0 aromatic carbocycles. The molecule has 0 saturated carbocycles. The van der Waals surface area contributed by atoms with Crippen LogP contribution in [0.4, 0.5) is 0 Å². The van der Waals surface area contributed by atoms with Crippen LogP contribution in [-0.4, -0.2) is 84.5 Å². The van der Waals surface area contributed by atoms with Crippen LogP contribution in [0, 0.1) is 5.92 Å². The Balaban J connectivity index is 5.58. The van der Waals surface area contributed by atoms with E-state index in [0.29, 0.717) is 38.8 Å². The Labute approximate surface area is 229 Å². The largest absolute Gasteiger partial charge is 0.480 e. The third kappa shape index (κ3) is 16.0. The van der Waals surface area contributed by atoms with Gasteiger partial charge in [0, 0.05) is 13.1 Å². The van der Waals surface area contributed by atoms with E-state index in [1.165, 1.54) is 0 Å². The number of carbonyl (C=O) groups is 4. The number of hydrogen-bond donors (Lipinski definition) is 10. The molecule has 4 atom stereocenters. The van der Waals surface area contributed by atoms with Gasteiger partial charge in [-0.05, 0) is 57.4 Å². The summed E-state index contributed by atoms with van der Waals surface area (Å²) in [6.45, 7) is 4.20. The Morgan fingerprint density at radius 2 is 1.18 bits per heavy atom. The second-order valence-corrected chi connectivity index (χ2v) is 9.48. The first-order chi connectivity index (χ1) is 18.3. The first-order valence-corrected chi connectivity index (χ1v) is 13.0. The SMILES string of the molecule is CC(C)C(NC(=O)C(CCCCN)NC(=O)C(CCCN=C(N)N)NC(=O)C(N)CCCN=C(N)N)C(=O)O. The van der Waals surface area contributed by atoms with Crippen LogP contribution in [-0.2, 0) is 19.2 Å². The third-order valence-electron chi connectivity index (χ3n) is 5.69. The molecular formula is C23H47N11O5. The number of guanidine groups is 2. The zero-order chi connectivity index (χ0) is 30.0. The standard InChI is InChI=1S/C23H47N11O5/c1-13(2)17(21(38)39)34-20(37)15(8-3-4-10-24)33-19(36)16(9-6-12-31-23(28)29)32-18(35)14(25)7-5-11-30-22(26)27/h13-17H,3-12,24-25H2,1-2H3,(H,32,35)(H,33,36)(H,34,37)(H,38,39)(H4,26,27,30)(H4,28,29,31). The molecule has 0 aromatic heterocycles. The van der Waals surface area contributed by atoms with Crippen LogP contribution in [0.25, 0.3) is 0 Å². The molecule has 0 aliphatic heterocycles. The Morgan fingerprint density at radius 1 is 0.718 bits per heavy atom. The van der Waals surface area contributed by atoms with E-state index >= 15 is 0 Å². The van der Waals surface area contributed by atoms with Crippen LogP contribution in [0.5, 0.6) is 0 Å². The van der Waals surface area contributed by atoms with Crippen LogP contribution in [0.15, 0.2) is 9.98 Å². The molecule has 224 valence electrons. The molecule has 0 aromatic rings. The number of carboxylic acids is 1. The van der Waals surface area contributed by atoms with Gasteiger partial charge in [0.05, 0.1) is 6.04 Å². The molecule has 0 radical (unpaired) electrons. The van der Waals surface area contributed by atoms with E-state index in [1.54, 1.807) is 13.8 Å². The van der Waals surface area contributed by atoms with Gasteiger partial charge in [-0.3, -0.25) is 24.4 Å². The average molecular weight is 558 g/mol. The number of hydrogen-bond acceptors (Lipinski definition) is 8. The van der Waals surface area contributed by atoms with Crippen molar-refractivity contribution in [1.29, 1.82) is 0 Å². The maximum absolute atomic E-state index is 13.2. The minimum absolute atomic E-state index is 0.0707. The summed E-state index contributed by atoms with van der Waals surface area (Å²) < 4.78 is 0. The fraction of sp³-hybridized carbons (Fsp3) is 0.739. The van der Waals surface area contributed by atoms with Gasteiger partial charge in [-0.25, -0.2) is 4.79 Å². The van der Waals surface area contributed by atoms with Crippen LogP contribution in [0.1, 0.15) is 58.8 Å². The van der Waals surface area contributed by atoms with Crippen molar-refractivity contribution in [2.45, 2.75) is 83.0 Å². The average Bonchev–Trinajstić information content (AvgIpc) is 2.85. The molecule has 0 spiro atoms. The monoisotopic (exact) mass is 557 g/mol. The summed E-state index contributed by atoms with van der Waals surface area (Å²) >= 11 is 0. The van der Waals surface area contributed by atoms with Gasteiger partial charge in [0.25, 0.3) is 0 Å². The molecule has 0 rings (SSSR count). The molecule has 39 heavy (non-hydrogen) atoms. The predicted molar refractivity (Wildman–Crippen MR) is 149 cm³/mol. The smallest absolute Gasteiger partial charge is 0.326 e. The number of nitrogens with two attached hydrogens (primary N) is 6. The lowest BCUT2D eigenvalue weighted by molar-refractivity contribution is -0.143. The summed E-state index contributed by atoms with van der Waals surface area (Å²) in [7, 11) is 0. The summed E-state index contributed by atoms with van der Waals surface area (Å²) in [6, 6.07) is -4.17. The van der Waals surface area contributed by atoms with Crippen molar-refractivity contribution in [3.05, 3.63) is 0 Å². The van der Waals surface area contributed by atoms with Gasteiger partial charge in [0.1, 0.15) is 18.1 Å². The number of rotatable bonds is 20. The minimum atomic E-state index is -1.19. The quantitative estimate of drug-likeness (QED) is 0.0402. The van der Waals surface area contributed by atoms with E-state index in [0.717, 1.165) is 0 Å². The molecular weight excluding hydrogens is 510 g/mol. The van der Waals surface area contributed by atoms with Crippen molar-refractivity contribution >= 4 is 35.6 Å². The van der Waals surface area contributed by atoms with Crippen LogP contribution < -0.4 is 50.4 Å². The van der Waals surface area contributed by atoms with Gasteiger partial charge in [-0.1, -0.05) is 13.8 Å². The number of aliphatic imine (C=N–C) groups is 2. The fourth-order valence-corrected chi connectivity index (χ4v) is 3.50. The zero-order valence-electron chi connectivity index (χ0n) is 22.9. The van der Waals surface area contributed by atoms with Gasteiger partial charge in [-0.15, -0.1) is 0 Å². The lowest BCUT2D eigenvalue weighted by atomic mass is 10.0. The number of nitrogens with zero attached hydrogens (tertiary/aromatic N) is 2. The highest BCUT2D eigenvalue weighted by Crippen LogP contribution is 2.08. The Kier molecular flexibility index (Phi) is 17.6. The van der Waals surface area contributed by atoms with Crippen molar-refractivity contribution in [1.82, 2.24) is 16.0 Å². The second-order valence-electron chi connectivity index (χ2n) is 9.48. The van der Waals surface area contributed by atoms with E-state index in [-0.39, 0.29) is 43.6 Å². The molecule has 16 heteroatoms. The van der Waals surface area contributed by atoms with Crippen molar-refractivity contribution < 1.29 is 24.3 Å². The third-order valence-corrected chi connectivity index (χ3v) is 5.69. The number of amides is 3. The van der Waals surface area contributed by atoms with Gasteiger partial charge < -0.3 is 55.5 Å². The lowest BCUT2D eigenvalue weighted by Crippen LogP contribution is -2.57. The number of aliphatic carboxylic acids is 1. The van der Waals surface area contributed by atoms with E-state index in [4.69, 9.17) is 34.4 Å². The van der Waals surface area contributed by atoms with E-state index in [1.807, 2.05) is 0 Å². The topological polar surface area (TPSA) is 305 Å². The molecule has 4 unspecified atom stereocenters. The van der Waals surface area contributed by atoms with Crippen LogP contribution in [0.2, 0.25) is 0 Å². The summed E-state index contributed by atoms with van der Waals surface area (Å²) in [6.07, 6.45) is 2.53. The second kappa shape index (κ2) is 19.4. The van der Waals surface area contributed by atoms with Crippen molar-refractivity contribution in [3.8, 4) is 0 Å². The summed E-state index contributed by atoms with van der Waals surface area (Å²) in [5.41, 5.74) is 32.8. The number of nitrogens with one attached hydrogen (secondary N) is 3. The highest BCUT2D eigenvalue weighted by Gasteiger charge is 2.31. The molecule has 0 aliphatic rings. The van der Waals surface area contributed by atoms with Gasteiger partial charge in [0.2, 0.25) is 17.7 Å². The summed E-state index contributed by atoms with van der Waals surface area (Å²) in [4.78, 5) is 58.2. The summed E-state index contributed by atoms with van der Waals surface area (Å²) in [5.74, 6) is -3.62. The molecule has 0 bridgehead atoms. The molecule has 3 amide bonds. The van der Waals surface area contributed by atoms with Crippen LogP contribution in [0.3, 0.4) is 0 Å². The lowest BCUT2D eigenvalue weighted by Gasteiger charge is -2.26. The first kappa shape index (κ1) is 35.3. The highest BCUT2D eigenvalue weighted by molar-refractivity contribution is 5.94. The van der Waals surface area contributed by atoms with Gasteiger partial charge in [0.15, 0.2) is 11.9 Å². The predicted octanol–water partition coefficient (Wildman–Crippen LogP) is -3.26. The molecule has 16 N–H and O–H groups in total. The fourth-order valence-electron chi connectivity index (χ4n) is 3.50. The van der Waals surface area contributed by atoms with Crippen LogP contribution >= 0.6 is 0 Å². The van der Waals surface area contributed by atoms with Gasteiger partial charge in [-0.2, -0.15) is 0 Å². The molecule has 0 saturated heterocycles. The van der Waals surface area contributed by atoms with Crippen molar-refractivity contribution in [3.63, 3.8) is 0 Å². The first-order valence-electron chi connectivity index (χ1n) is 13.0. The Bertz CT molecular complexity index is 842. The van der Waals surface area contributed by atoms with Crippen molar-refractivity contribution in [2.75, 3.05) is 19.6 Å². The molecule has 0 fully saturated rings. The zero-order valence-corrected chi connectivity index (χ0v) is 22.9. The minimum Gasteiger partial charge on any atom is -0.480 e. The molecule has 16 nitrogen and oxygen atoms in total. The van der Waals surface area contributed by atoms with E-state index in [9.17, 15) is 24.3 Å². The normalized spacial score (nSPS) is 13.9. The van der Waals surface area contributed by atoms with Crippen molar-refractivity contribution in [2.24, 2.45) is 50.3 Å². The number of carbonyl (C=O) groups excluding carboxylic acids is 3. The van der Waals surface area contributed by atoms with Gasteiger partial charge >= 0.3 is 5.97 Å². The number of unbranched alkanes of at least 4 members (excludes halogenated alkanes) is 1. The summed E-state index contributed by atoms with van der Waals surface area (Å²) in [5, 5.41) is 17.2. The van der Waals surface area contributed by atoms with E-state index < -0.39 is 47.9 Å². The van der Waals surface area contributed by atoms with E-state index in [2.05, 4.69) is 25.9 Å².